The van der Waals surface area contributed by atoms with Crippen molar-refractivity contribution in [1.29, 1.82) is 0 Å². The van der Waals surface area contributed by atoms with Gasteiger partial charge >= 0.3 is 0 Å². The minimum Gasteiger partial charge on any atom is -0.367 e. The minimum atomic E-state index is -3.48. The van der Waals surface area contributed by atoms with Crippen molar-refractivity contribution in [3.05, 3.63) is 0 Å². The van der Waals surface area contributed by atoms with Gasteiger partial charge in [0.05, 0.1) is 6.10 Å². The van der Waals surface area contributed by atoms with Crippen molar-refractivity contribution in [2.24, 2.45) is 23.7 Å². The van der Waals surface area contributed by atoms with E-state index >= 15 is 0 Å². The zero-order chi connectivity index (χ0) is 13.5. The van der Waals surface area contributed by atoms with Gasteiger partial charge in [-0.2, -0.15) is 8.42 Å². The standard InChI is InChI=1S/C13H22O4S/c1-6(2)8-10-9(7(3)4)12-13(5,16-10)11(8)17-18(12,14)15/h6-12H,1-5H3. The molecule has 6 unspecified atom stereocenters. The molecule has 5 heteroatoms. The van der Waals surface area contributed by atoms with Gasteiger partial charge in [0, 0.05) is 11.8 Å². The number of hydrogen-bond donors (Lipinski definition) is 0. The van der Waals surface area contributed by atoms with Crippen LogP contribution in [0.15, 0.2) is 0 Å². The lowest BCUT2D eigenvalue weighted by molar-refractivity contribution is -0.00197. The van der Waals surface area contributed by atoms with Gasteiger partial charge in [-0.15, -0.1) is 0 Å². The summed E-state index contributed by atoms with van der Waals surface area (Å²) in [5.74, 6) is 0.917. The maximum Gasteiger partial charge on any atom is 0.273 e. The Balaban J connectivity index is 2.14. The molecule has 104 valence electrons. The lowest BCUT2D eigenvalue weighted by Gasteiger charge is -2.35. The highest BCUT2D eigenvalue weighted by Gasteiger charge is 2.76. The van der Waals surface area contributed by atoms with Gasteiger partial charge in [-0.05, 0) is 18.8 Å². The van der Waals surface area contributed by atoms with Gasteiger partial charge in [0.1, 0.15) is 17.0 Å². The fraction of sp³-hybridized carbons (Fsp3) is 1.00. The first-order valence-corrected chi connectivity index (χ1v) is 8.27. The molecular weight excluding hydrogens is 252 g/mol. The predicted octanol–water partition coefficient (Wildman–Crippen LogP) is 1.80. The molecule has 6 atom stereocenters. The maximum absolute atomic E-state index is 12.3. The summed E-state index contributed by atoms with van der Waals surface area (Å²) in [5, 5.41) is -0.477. The molecule has 3 heterocycles. The second-order valence-corrected chi connectivity index (χ2v) is 8.53. The largest absolute Gasteiger partial charge is 0.367 e. The fourth-order valence-electron chi connectivity index (χ4n) is 4.41. The molecule has 18 heavy (non-hydrogen) atoms. The minimum absolute atomic E-state index is 0.0299. The summed E-state index contributed by atoms with van der Waals surface area (Å²) < 4.78 is 36.1. The van der Waals surface area contributed by atoms with Gasteiger partial charge in [-0.25, -0.2) is 0 Å². The third kappa shape index (κ3) is 1.30. The van der Waals surface area contributed by atoms with E-state index in [1.165, 1.54) is 0 Å². The van der Waals surface area contributed by atoms with E-state index in [-0.39, 0.29) is 24.0 Å². The first-order valence-electron chi connectivity index (χ1n) is 6.80. The normalized spacial score (nSPS) is 52.7. The van der Waals surface area contributed by atoms with Crippen LogP contribution in [0.5, 0.6) is 0 Å². The van der Waals surface area contributed by atoms with E-state index in [1.54, 1.807) is 0 Å². The van der Waals surface area contributed by atoms with Crippen LogP contribution in [0.2, 0.25) is 0 Å². The van der Waals surface area contributed by atoms with E-state index in [9.17, 15) is 8.42 Å². The van der Waals surface area contributed by atoms with Gasteiger partial charge in [0.2, 0.25) is 0 Å². The zero-order valence-corrected chi connectivity index (χ0v) is 12.4. The van der Waals surface area contributed by atoms with E-state index < -0.39 is 21.0 Å². The molecular formula is C13H22O4S. The Morgan fingerprint density at radius 1 is 1.06 bits per heavy atom. The van der Waals surface area contributed by atoms with Crippen molar-refractivity contribution in [2.75, 3.05) is 0 Å². The van der Waals surface area contributed by atoms with Crippen LogP contribution in [0.25, 0.3) is 0 Å². The van der Waals surface area contributed by atoms with Crippen molar-refractivity contribution < 1.29 is 17.3 Å². The number of ether oxygens (including phenoxy) is 1. The molecule has 0 aromatic carbocycles. The monoisotopic (exact) mass is 274 g/mol. The van der Waals surface area contributed by atoms with Crippen molar-refractivity contribution >= 4 is 10.1 Å². The smallest absolute Gasteiger partial charge is 0.273 e. The molecule has 0 aromatic heterocycles. The van der Waals surface area contributed by atoms with Gasteiger partial charge < -0.3 is 4.74 Å². The summed E-state index contributed by atoms with van der Waals surface area (Å²) in [6.07, 6.45) is -0.255. The van der Waals surface area contributed by atoms with E-state index in [0.29, 0.717) is 11.8 Å². The molecule has 2 bridgehead atoms. The van der Waals surface area contributed by atoms with Crippen LogP contribution in [-0.4, -0.2) is 31.5 Å². The molecule has 0 N–H and O–H groups in total. The fourth-order valence-corrected chi connectivity index (χ4v) is 6.76. The molecule has 0 saturated carbocycles. The second kappa shape index (κ2) is 3.49. The molecule has 0 spiro atoms. The molecule has 3 fully saturated rings. The third-order valence-corrected chi connectivity index (χ3v) is 6.95. The predicted molar refractivity (Wildman–Crippen MR) is 67.5 cm³/mol. The highest BCUT2D eigenvalue weighted by atomic mass is 32.2. The Morgan fingerprint density at radius 2 is 1.61 bits per heavy atom. The average molecular weight is 274 g/mol. The van der Waals surface area contributed by atoms with Crippen LogP contribution in [0.3, 0.4) is 0 Å². The summed E-state index contributed by atoms with van der Waals surface area (Å²) >= 11 is 0. The van der Waals surface area contributed by atoms with Crippen molar-refractivity contribution in [1.82, 2.24) is 0 Å². The number of fused-ring (bicyclic) bond motifs is 1. The lowest BCUT2D eigenvalue weighted by Crippen LogP contribution is -2.51. The topological polar surface area (TPSA) is 52.6 Å². The molecule has 3 aliphatic heterocycles. The Bertz CT molecular complexity index is 469. The summed E-state index contributed by atoms with van der Waals surface area (Å²) in [4.78, 5) is 0. The van der Waals surface area contributed by atoms with Gasteiger partial charge in [-0.3, -0.25) is 4.18 Å². The molecule has 3 rings (SSSR count). The molecule has 3 aliphatic rings. The highest BCUT2D eigenvalue weighted by molar-refractivity contribution is 7.87. The SMILES string of the molecule is CC(C)C1C2OC3(C)C1OS(=O)(=O)C3C2C(C)C. The number of rotatable bonds is 2. The molecule has 0 amide bonds. The Hall–Kier alpha value is -0.130. The third-order valence-electron chi connectivity index (χ3n) is 5.07. The maximum atomic E-state index is 12.3. The van der Waals surface area contributed by atoms with E-state index in [1.807, 2.05) is 6.92 Å². The highest BCUT2D eigenvalue weighted by Crippen LogP contribution is 2.62. The molecule has 4 nitrogen and oxygen atoms in total. The van der Waals surface area contributed by atoms with Crippen molar-refractivity contribution in [2.45, 2.75) is 57.7 Å². The molecule has 3 saturated heterocycles. The van der Waals surface area contributed by atoms with Crippen molar-refractivity contribution in [3.8, 4) is 0 Å². The van der Waals surface area contributed by atoms with Crippen LogP contribution in [0, 0.1) is 23.7 Å². The summed E-state index contributed by atoms with van der Waals surface area (Å²) in [5.41, 5.74) is -0.632. The van der Waals surface area contributed by atoms with Gasteiger partial charge in [0.25, 0.3) is 10.1 Å². The average Bonchev–Trinajstić information content (AvgIpc) is 2.67. The first kappa shape index (κ1) is 12.9. The first-order chi connectivity index (χ1) is 8.20. The molecule has 0 aliphatic carbocycles. The van der Waals surface area contributed by atoms with Crippen LogP contribution < -0.4 is 0 Å². The van der Waals surface area contributed by atoms with E-state index in [4.69, 9.17) is 8.92 Å². The second-order valence-electron chi connectivity index (χ2n) is 6.84. The van der Waals surface area contributed by atoms with Crippen LogP contribution >= 0.6 is 0 Å². The van der Waals surface area contributed by atoms with E-state index in [0.717, 1.165) is 0 Å². The van der Waals surface area contributed by atoms with Crippen molar-refractivity contribution in [3.63, 3.8) is 0 Å². The quantitative estimate of drug-likeness (QED) is 0.721. The summed E-state index contributed by atoms with van der Waals surface area (Å²) in [7, 11) is -3.48. The number of hydrogen-bond acceptors (Lipinski definition) is 4. The Labute approximate surface area is 109 Å². The molecule has 0 radical (unpaired) electrons. The van der Waals surface area contributed by atoms with Crippen LogP contribution in [0.4, 0.5) is 0 Å². The van der Waals surface area contributed by atoms with Crippen LogP contribution in [-0.2, 0) is 19.0 Å². The van der Waals surface area contributed by atoms with Gasteiger partial charge in [-0.1, -0.05) is 27.7 Å². The zero-order valence-electron chi connectivity index (χ0n) is 11.6. The molecule has 0 aromatic rings. The van der Waals surface area contributed by atoms with Crippen LogP contribution in [0.1, 0.15) is 34.6 Å². The Morgan fingerprint density at radius 3 is 2.11 bits per heavy atom. The van der Waals surface area contributed by atoms with Gasteiger partial charge in [0.15, 0.2) is 0 Å². The summed E-state index contributed by atoms with van der Waals surface area (Å²) in [6.45, 7) is 10.3. The Kier molecular flexibility index (Phi) is 2.50. The lowest BCUT2D eigenvalue weighted by atomic mass is 9.66. The summed E-state index contributed by atoms with van der Waals surface area (Å²) in [6, 6.07) is 0. The van der Waals surface area contributed by atoms with E-state index in [2.05, 4.69) is 27.7 Å².